The molecule has 0 aliphatic carbocycles. The van der Waals surface area contributed by atoms with Crippen LogP contribution in [0.4, 0.5) is 11.5 Å². The molecule has 1 aromatic heterocycles. The Kier molecular flexibility index (Phi) is 4.46. The van der Waals surface area contributed by atoms with E-state index in [-0.39, 0.29) is 30.4 Å². The number of nitrogens with zero attached hydrogens (tertiary/aromatic N) is 2. The van der Waals surface area contributed by atoms with Crippen LogP contribution in [0.5, 0.6) is 0 Å². The first kappa shape index (κ1) is 16.0. The van der Waals surface area contributed by atoms with Gasteiger partial charge in [0, 0.05) is 11.9 Å². The van der Waals surface area contributed by atoms with E-state index in [1.807, 2.05) is 32.0 Å². The third kappa shape index (κ3) is 3.22. The van der Waals surface area contributed by atoms with E-state index < -0.39 is 0 Å². The monoisotopic (exact) mass is 324 g/mol. The van der Waals surface area contributed by atoms with Crippen molar-refractivity contribution >= 4 is 23.3 Å². The van der Waals surface area contributed by atoms with Gasteiger partial charge in [0.15, 0.2) is 0 Å². The minimum Gasteiger partial charge on any atom is -0.364 e. The largest absolute Gasteiger partial charge is 0.364 e. The minimum atomic E-state index is -0.270. The zero-order valence-electron chi connectivity index (χ0n) is 13.7. The summed E-state index contributed by atoms with van der Waals surface area (Å²) in [4.78, 5) is 30.8. The second kappa shape index (κ2) is 6.70. The molecule has 0 bridgehead atoms. The van der Waals surface area contributed by atoms with Gasteiger partial charge in [0.25, 0.3) is 5.91 Å². The third-order valence-electron chi connectivity index (χ3n) is 3.94. The van der Waals surface area contributed by atoms with Gasteiger partial charge in [-0.15, -0.1) is 0 Å². The molecule has 124 valence electrons. The molecule has 2 aromatic rings. The van der Waals surface area contributed by atoms with Crippen molar-refractivity contribution in [3.8, 4) is 0 Å². The number of hydrogen-bond acceptors (Lipinski definition) is 4. The van der Waals surface area contributed by atoms with Crippen molar-refractivity contribution in [1.29, 1.82) is 0 Å². The van der Waals surface area contributed by atoms with Crippen LogP contribution in [0.1, 0.15) is 24.2 Å². The molecule has 1 aliphatic rings. The van der Waals surface area contributed by atoms with Gasteiger partial charge in [-0.05, 0) is 30.2 Å². The van der Waals surface area contributed by atoms with E-state index >= 15 is 0 Å². The number of carbonyl (C=O) groups is 2. The second-order valence-electron chi connectivity index (χ2n) is 6.07. The summed E-state index contributed by atoms with van der Waals surface area (Å²) in [6, 6.07) is 12.6. The number of para-hydroxylation sites is 1. The van der Waals surface area contributed by atoms with E-state index in [1.165, 1.54) is 0 Å². The molecule has 1 aromatic carbocycles. The van der Waals surface area contributed by atoms with Crippen molar-refractivity contribution in [2.45, 2.75) is 20.0 Å². The highest BCUT2D eigenvalue weighted by molar-refractivity contribution is 6.04. The molecular formula is C18H20N4O2. The van der Waals surface area contributed by atoms with Crippen molar-refractivity contribution in [3.63, 3.8) is 0 Å². The van der Waals surface area contributed by atoms with Crippen LogP contribution in [0, 0.1) is 5.92 Å². The number of benzene rings is 1. The van der Waals surface area contributed by atoms with Gasteiger partial charge in [-0.2, -0.15) is 0 Å². The SMILES string of the molecule is CC(C)[C@@H]1Nc2ccccc2C(=O)N1CC(=O)Nc1ccccn1. The number of nitrogens with one attached hydrogen (secondary N) is 2. The van der Waals surface area contributed by atoms with Crippen LogP contribution >= 0.6 is 0 Å². The average molecular weight is 324 g/mol. The molecule has 0 spiro atoms. The molecule has 2 N–H and O–H groups in total. The quantitative estimate of drug-likeness (QED) is 0.906. The number of fused-ring (bicyclic) bond motifs is 1. The lowest BCUT2D eigenvalue weighted by molar-refractivity contribution is -0.117. The molecule has 2 amide bonds. The van der Waals surface area contributed by atoms with Crippen LogP contribution in [0.2, 0.25) is 0 Å². The predicted molar refractivity (Wildman–Crippen MR) is 92.6 cm³/mol. The first-order valence-corrected chi connectivity index (χ1v) is 7.93. The van der Waals surface area contributed by atoms with Crippen LogP contribution < -0.4 is 10.6 Å². The van der Waals surface area contributed by atoms with Crippen molar-refractivity contribution < 1.29 is 9.59 Å². The first-order chi connectivity index (χ1) is 11.6. The van der Waals surface area contributed by atoms with Gasteiger partial charge >= 0.3 is 0 Å². The fourth-order valence-electron chi connectivity index (χ4n) is 2.78. The van der Waals surface area contributed by atoms with Crippen molar-refractivity contribution in [2.24, 2.45) is 5.92 Å². The summed E-state index contributed by atoms with van der Waals surface area (Å²) in [7, 11) is 0. The lowest BCUT2D eigenvalue weighted by atomic mass is 10.0. The molecule has 6 nitrogen and oxygen atoms in total. The van der Waals surface area contributed by atoms with Gasteiger partial charge in [0.2, 0.25) is 5.91 Å². The fraction of sp³-hybridized carbons (Fsp3) is 0.278. The van der Waals surface area contributed by atoms with E-state index in [0.29, 0.717) is 11.4 Å². The molecule has 2 heterocycles. The molecule has 0 saturated heterocycles. The normalized spacial score (nSPS) is 16.5. The number of amides is 2. The number of carbonyl (C=O) groups excluding carboxylic acids is 2. The van der Waals surface area contributed by atoms with Gasteiger partial charge in [-0.1, -0.05) is 32.0 Å². The fourth-order valence-corrected chi connectivity index (χ4v) is 2.78. The van der Waals surface area contributed by atoms with Crippen LogP contribution in [0.25, 0.3) is 0 Å². The number of hydrogen-bond donors (Lipinski definition) is 2. The van der Waals surface area contributed by atoms with Crippen LogP contribution in [-0.2, 0) is 4.79 Å². The van der Waals surface area contributed by atoms with E-state index in [9.17, 15) is 9.59 Å². The maximum absolute atomic E-state index is 12.8. The first-order valence-electron chi connectivity index (χ1n) is 7.93. The summed E-state index contributed by atoms with van der Waals surface area (Å²) in [5, 5.41) is 6.08. The molecule has 3 rings (SSSR count). The standard InChI is InChI=1S/C18H20N4O2/c1-12(2)17-20-14-8-4-3-7-13(14)18(24)22(17)11-16(23)21-15-9-5-6-10-19-15/h3-10,12,17,20H,11H2,1-2H3,(H,19,21,23)/t17-/m1/s1. The number of rotatable bonds is 4. The Morgan fingerprint density at radius 3 is 2.71 bits per heavy atom. The molecule has 1 atom stereocenters. The van der Waals surface area contributed by atoms with Gasteiger partial charge in [-0.3, -0.25) is 9.59 Å². The molecule has 6 heteroatoms. The predicted octanol–water partition coefficient (Wildman–Crippen LogP) is 2.57. The van der Waals surface area contributed by atoms with Crippen molar-refractivity contribution in [1.82, 2.24) is 9.88 Å². The molecule has 1 aliphatic heterocycles. The summed E-state index contributed by atoms with van der Waals surface area (Å²) in [6.07, 6.45) is 1.37. The summed E-state index contributed by atoms with van der Waals surface area (Å²) in [5.41, 5.74) is 1.39. The smallest absolute Gasteiger partial charge is 0.258 e. The molecule has 0 radical (unpaired) electrons. The highest BCUT2D eigenvalue weighted by atomic mass is 16.2. The van der Waals surface area contributed by atoms with Crippen LogP contribution in [-0.4, -0.2) is 34.4 Å². The summed E-state index contributed by atoms with van der Waals surface area (Å²) in [5.74, 6) is 0.222. The second-order valence-corrected chi connectivity index (χ2v) is 6.07. The average Bonchev–Trinajstić information content (AvgIpc) is 2.58. The minimum absolute atomic E-state index is 0.0282. The van der Waals surface area contributed by atoms with E-state index in [1.54, 1.807) is 35.4 Å². The zero-order chi connectivity index (χ0) is 17.1. The Morgan fingerprint density at radius 2 is 2.00 bits per heavy atom. The summed E-state index contributed by atoms with van der Waals surface area (Å²) in [6.45, 7) is 4.00. The topological polar surface area (TPSA) is 74.3 Å². The van der Waals surface area contributed by atoms with E-state index in [2.05, 4.69) is 15.6 Å². The number of anilines is 2. The Labute approximate surface area is 140 Å². The molecule has 0 unspecified atom stereocenters. The number of pyridine rings is 1. The molecule has 24 heavy (non-hydrogen) atoms. The highest BCUT2D eigenvalue weighted by Crippen LogP contribution is 2.27. The van der Waals surface area contributed by atoms with Gasteiger partial charge in [-0.25, -0.2) is 4.98 Å². The number of aromatic nitrogens is 1. The van der Waals surface area contributed by atoms with Crippen LogP contribution in [0.3, 0.4) is 0 Å². The van der Waals surface area contributed by atoms with Crippen molar-refractivity contribution in [3.05, 3.63) is 54.2 Å². The summed E-state index contributed by atoms with van der Waals surface area (Å²) >= 11 is 0. The van der Waals surface area contributed by atoms with Gasteiger partial charge in [0.1, 0.15) is 18.5 Å². The molecular weight excluding hydrogens is 304 g/mol. The Morgan fingerprint density at radius 1 is 1.25 bits per heavy atom. The Bertz CT molecular complexity index is 746. The third-order valence-corrected chi connectivity index (χ3v) is 3.94. The lowest BCUT2D eigenvalue weighted by Crippen LogP contribution is -2.53. The van der Waals surface area contributed by atoms with Gasteiger partial charge in [0.05, 0.1) is 5.56 Å². The highest BCUT2D eigenvalue weighted by Gasteiger charge is 2.34. The molecule has 0 saturated carbocycles. The lowest BCUT2D eigenvalue weighted by Gasteiger charge is -2.39. The maximum atomic E-state index is 12.8. The van der Waals surface area contributed by atoms with E-state index in [0.717, 1.165) is 5.69 Å². The Balaban J connectivity index is 1.80. The van der Waals surface area contributed by atoms with Gasteiger partial charge < -0.3 is 15.5 Å². The van der Waals surface area contributed by atoms with Crippen molar-refractivity contribution in [2.75, 3.05) is 17.2 Å². The Hall–Kier alpha value is -2.89. The molecule has 0 fully saturated rings. The maximum Gasteiger partial charge on any atom is 0.258 e. The summed E-state index contributed by atoms with van der Waals surface area (Å²) < 4.78 is 0. The van der Waals surface area contributed by atoms with E-state index in [4.69, 9.17) is 0 Å². The zero-order valence-corrected chi connectivity index (χ0v) is 13.7. The van der Waals surface area contributed by atoms with Crippen LogP contribution in [0.15, 0.2) is 48.7 Å².